The van der Waals surface area contributed by atoms with Crippen LogP contribution in [0.3, 0.4) is 0 Å². The van der Waals surface area contributed by atoms with Gasteiger partial charge in [0.25, 0.3) is 0 Å². The second-order valence-corrected chi connectivity index (χ2v) is 5.56. The molecule has 1 heterocycles. The van der Waals surface area contributed by atoms with Crippen LogP contribution in [0.4, 0.5) is 13.2 Å². The molecule has 0 aliphatic rings. The lowest BCUT2D eigenvalue weighted by Gasteiger charge is -2.31. The fraction of sp³-hybridized carbons (Fsp3) is 0.111. The molecule has 3 aromatic rings. The predicted octanol–water partition coefficient (Wildman–Crippen LogP) is 3.30. The Morgan fingerprint density at radius 3 is 2.36 bits per heavy atom. The summed E-state index contributed by atoms with van der Waals surface area (Å²) in [7, 11) is 0. The smallest absolute Gasteiger partial charge is 0.137 e. The minimum Gasteiger partial charge on any atom is -0.378 e. The zero-order valence-electron chi connectivity index (χ0n) is 13.0. The van der Waals surface area contributed by atoms with Crippen molar-refractivity contribution in [3.63, 3.8) is 0 Å². The number of rotatable bonds is 5. The predicted molar refractivity (Wildman–Crippen MR) is 85.7 cm³/mol. The number of halogens is 3. The molecule has 25 heavy (non-hydrogen) atoms. The molecular formula is C18H14F3N3O. The van der Waals surface area contributed by atoms with Crippen molar-refractivity contribution in [1.82, 2.24) is 14.8 Å². The lowest BCUT2D eigenvalue weighted by Crippen LogP contribution is -2.33. The van der Waals surface area contributed by atoms with Crippen molar-refractivity contribution in [1.29, 1.82) is 0 Å². The van der Waals surface area contributed by atoms with E-state index < -0.39 is 23.1 Å². The number of nitrogens with zero attached hydrogens (tertiary/aromatic N) is 3. The Balaban J connectivity index is 2.09. The topological polar surface area (TPSA) is 50.9 Å². The van der Waals surface area contributed by atoms with Crippen LogP contribution in [0.1, 0.15) is 11.1 Å². The standard InChI is InChI=1S/C18H14F3N3O/c1-12(16-7-6-15(20)8-17(16)21)18(25,9-24-11-22-10-23-24)13-2-4-14(19)5-3-13/h2-8,10-11,25H,1,9H2. The molecule has 0 bridgehead atoms. The van der Waals surface area contributed by atoms with E-state index in [0.29, 0.717) is 6.07 Å². The van der Waals surface area contributed by atoms with Crippen molar-refractivity contribution in [3.05, 3.63) is 90.3 Å². The molecule has 3 rings (SSSR count). The molecule has 1 unspecified atom stereocenters. The van der Waals surface area contributed by atoms with Crippen molar-refractivity contribution in [2.24, 2.45) is 0 Å². The molecule has 1 atom stereocenters. The zero-order valence-corrected chi connectivity index (χ0v) is 13.0. The van der Waals surface area contributed by atoms with E-state index in [1.54, 1.807) is 0 Å². The zero-order chi connectivity index (χ0) is 18.0. The molecule has 0 radical (unpaired) electrons. The normalized spacial score (nSPS) is 13.4. The van der Waals surface area contributed by atoms with Gasteiger partial charge in [-0.15, -0.1) is 0 Å². The molecule has 7 heteroatoms. The molecule has 4 nitrogen and oxygen atoms in total. The Hall–Kier alpha value is -2.93. The van der Waals surface area contributed by atoms with Crippen molar-refractivity contribution >= 4 is 5.57 Å². The number of benzene rings is 2. The first kappa shape index (κ1) is 16.9. The van der Waals surface area contributed by atoms with E-state index in [4.69, 9.17) is 0 Å². The van der Waals surface area contributed by atoms with Crippen LogP contribution in [0.2, 0.25) is 0 Å². The molecule has 0 saturated carbocycles. The number of aliphatic hydroxyl groups is 1. The maximum atomic E-state index is 14.2. The Morgan fingerprint density at radius 1 is 1.08 bits per heavy atom. The molecule has 2 aromatic carbocycles. The van der Waals surface area contributed by atoms with E-state index >= 15 is 0 Å². The summed E-state index contributed by atoms with van der Waals surface area (Å²) in [5.74, 6) is -2.08. The van der Waals surface area contributed by atoms with Crippen LogP contribution in [-0.2, 0) is 12.1 Å². The summed E-state index contributed by atoms with van der Waals surface area (Å²) in [5.41, 5.74) is -1.57. The summed E-state index contributed by atoms with van der Waals surface area (Å²) in [5, 5.41) is 15.2. The van der Waals surface area contributed by atoms with E-state index in [1.807, 2.05) is 0 Å². The number of hydrogen-bond acceptors (Lipinski definition) is 3. The van der Waals surface area contributed by atoms with Crippen LogP contribution >= 0.6 is 0 Å². The fourth-order valence-corrected chi connectivity index (χ4v) is 2.59. The minimum absolute atomic E-state index is 0.00731. The van der Waals surface area contributed by atoms with Gasteiger partial charge in [-0.1, -0.05) is 18.7 Å². The molecule has 1 aromatic heterocycles. The molecule has 1 N–H and O–H groups in total. The monoisotopic (exact) mass is 345 g/mol. The van der Waals surface area contributed by atoms with Gasteiger partial charge < -0.3 is 5.11 Å². The molecule has 0 amide bonds. The highest BCUT2D eigenvalue weighted by Gasteiger charge is 2.35. The highest BCUT2D eigenvalue weighted by molar-refractivity contribution is 5.72. The van der Waals surface area contributed by atoms with E-state index in [2.05, 4.69) is 16.7 Å². The van der Waals surface area contributed by atoms with Gasteiger partial charge in [-0.3, -0.25) is 0 Å². The summed E-state index contributed by atoms with van der Waals surface area (Å²) in [4.78, 5) is 3.80. The van der Waals surface area contributed by atoms with Crippen LogP contribution < -0.4 is 0 Å². The summed E-state index contributed by atoms with van der Waals surface area (Å²) in [6.07, 6.45) is 2.66. The largest absolute Gasteiger partial charge is 0.378 e. The summed E-state index contributed by atoms with van der Waals surface area (Å²) < 4.78 is 42.0. The molecular weight excluding hydrogens is 331 g/mol. The SMILES string of the molecule is C=C(c1ccc(F)cc1F)C(O)(Cn1cncn1)c1ccc(F)cc1. The van der Waals surface area contributed by atoms with Gasteiger partial charge in [0, 0.05) is 11.6 Å². The van der Waals surface area contributed by atoms with Gasteiger partial charge in [0.1, 0.15) is 35.7 Å². The van der Waals surface area contributed by atoms with E-state index in [9.17, 15) is 18.3 Å². The van der Waals surface area contributed by atoms with Crippen molar-refractivity contribution < 1.29 is 18.3 Å². The second-order valence-electron chi connectivity index (χ2n) is 5.56. The Kier molecular flexibility index (Phi) is 4.41. The van der Waals surface area contributed by atoms with Gasteiger partial charge in [0.15, 0.2) is 0 Å². The maximum Gasteiger partial charge on any atom is 0.137 e. The van der Waals surface area contributed by atoms with Gasteiger partial charge in [-0.2, -0.15) is 5.10 Å². The molecule has 128 valence electrons. The van der Waals surface area contributed by atoms with Crippen LogP contribution in [0.15, 0.2) is 61.7 Å². The Bertz CT molecular complexity index is 894. The quantitative estimate of drug-likeness (QED) is 0.772. The molecule has 0 aliphatic heterocycles. The highest BCUT2D eigenvalue weighted by Crippen LogP contribution is 2.37. The minimum atomic E-state index is -1.81. The molecule has 0 spiro atoms. The van der Waals surface area contributed by atoms with Gasteiger partial charge in [-0.25, -0.2) is 22.8 Å². The Morgan fingerprint density at radius 2 is 1.76 bits per heavy atom. The van der Waals surface area contributed by atoms with Gasteiger partial charge in [0.2, 0.25) is 0 Å². The fourth-order valence-electron chi connectivity index (χ4n) is 2.59. The lowest BCUT2D eigenvalue weighted by atomic mass is 9.83. The van der Waals surface area contributed by atoms with E-state index in [-0.39, 0.29) is 23.2 Å². The molecule has 0 fully saturated rings. The number of hydrogen-bond donors (Lipinski definition) is 1. The van der Waals surface area contributed by atoms with Crippen molar-refractivity contribution in [2.45, 2.75) is 12.1 Å². The Labute approximate surface area is 141 Å². The van der Waals surface area contributed by atoms with Crippen molar-refractivity contribution in [3.8, 4) is 0 Å². The lowest BCUT2D eigenvalue weighted by molar-refractivity contribution is 0.0762. The van der Waals surface area contributed by atoms with Gasteiger partial charge in [-0.05, 0) is 35.4 Å². The van der Waals surface area contributed by atoms with Gasteiger partial charge in [0.05, 0.1) is 6.54 Å². The average molecular weight is 345 g/mol. The van der Waals surface area contributed by atoms with Crippen LogP contribution in [0.5, 0.6) is 0 Å². The van der Waals surface area contributed by atoms with Crippen LogP contribution in [0.25, 0.3) is 5.57 Å². The third kappa shape index (κ3) is 3.32. The first-order valence-electron chi connectivity index (χ1n) is 7.36. The third-order valence-corrected chi connectivity index (χ3v) is 3.93. The first-order valence-corrected chi connectivity index (χ1v) is 7.36. The van der Waals surface area contributed by atoms with Crippen molar-refractivity contribution in [2.75, 3.05) is 0 Å². The van der Waals surface area contributed by atoms with Gasteiger partial charge >= 0.3 is 0 Å². The second kappa shape index (κ2) is 6.52. The third-order valence-electron chi connectivity index (χ3n) is 3.93. The maximum absolute atomic E-state index is 14.2. The highest BCUT2D eigenvalue weighted by atomic mass is 19.1. The van der Waals surface area contributed by atoms with Crippen LogP contribution in [0, 0.1) is 17.5 Å². The molecule has 0 aliphatic carbocycles. The average Bonchev–Trinajstić information content (AvgIpc) is 3.07. The van der Waals surface area contributed by atoms with E-state index in [1.165, 1.54) is 47.7 Å². The van der Waals surface area contributed by atoms with Crippen LogP contribution in [-0.4, -0.2) is 19.9 Å². The molecule has 0 saturated heterocycles. The van der Waals surface area contributed by atoms with E-state index in [0.717, 1.165) is 6.07 Å². The summed E-state index contributed by atoms with van der Waals surface area (Å²) in [6.45, 7) is 3.67. The number of aromatic nitrogens is 3. The first-order chi connectivity index (χ1) is 11.9. The summed E-state index contributed by atoms with van der Waals surface area (Å²) >= 11 is 0. The summed E-state index contributed by atoms with van der Waals surface area (Å²) in [6, 6.07) is 8.08.